The van der Waals surface area contributed by atoms with Crippen LogP contribution in [-0.4, -0.2) is 11.4 Å². The van der Waals surface area contributed by atoms with Crippen LogP contribution in [0, 0.1) is 0 Å². The van der Waals surface area contributed by atoms with Crippen LogP contribution in [0.5, 0.6) is 0 Å². The van der Waals surface area contributed by atoms with Crippen LogP contribution in [0.25, 0.3) is 0 Å². The Morgan fingerprint density at radius 1 is 1.88 bits per heavy atom. The van der Waals surface area contributed by atoms with Crippen molar-refractivity contribution >= 4 is 0 Å². The average Bonchev–Trinajstić information content (AvgIpc) is 1.83. The van der Waals surface area contributed by atoms with Crippen molar-refractivity contribution in [3.8, 4) is 0 Å². The van der Waals surface area contributed by atoms with Gasteiger partial charge in [0.1, 0.15) is 0 Å². The zero-order valence-corrected chi connectivity index (χ0v) is 5.13. The highest BCUT2D eigenvalue weighted by Gasteiger charge is 1.96. The maximum absolute atomic E-state index is 8.03. The fourth-order valence-electron chi connectivity index (χ4n) is 0.405. The van der Waals surface area contributed by atoms with Crippen LogP contribution in [0.3, 0.4) is 0 Å². The zero-order valence-electron chi connectivity index (χ0n) is 5.13. The molecular weight excluding hydrogens is 104 g/mol. The molecule has 0 aliphatic rings. The van der Waals surface area contributed by atoms with Gasteiger partial charge in [-0.2, -0.15) is 0 Å². The second kappa shape index (κ2) is 4.81. The van der Waals surface area contributed by atoms with Crippen molar-refractivity contribution in [1.82, 2.24) is 0 Å². The lowest BCUT2D eigenvalue weighted by atomic mass is 10.2. The minimum Gasteiger partial charge on any atom is -0.252 e. The summed E-state index contributed by atoms with van der Waals surface area (Å²) in [5, 5.41) is 8.03. The summed E-state index contributed by atoms with van der Waals surface area (Å²) >= 11 is 0. The summed E-state index contributed by atoms with van der Waals surface area (Å²) in [7, 11) is 0. The monoisotopic (exact) mass is 116 g/mol. The molecule has 1 N–H and O–H groups in total. The third-order valence-corrected chi connectivity index (χ3v) is 0.957. The molecule has 0 saturated heterocycles. The van der Waals surface area contributed by atoms with E-state index in [1.54, 1.807) is 6.08 Å². The third-order valence-electron chi connectivity index (χ3n) is 0.957. The molecule has 0 fully saturated rings. The molecule has 48 valence electrons. The lowest BCUT2D eigenvalue weighted by molar-refractivity contribution is -0.274. The van der Waals surface area contributed by atoms with E-state index in [-0.39, 0.29) is 6.10 Å². The van der Waals surface area contributed by atoms with E-state index in [0.717, 1.165) is 12.8 Å². The van der Waals surface area contributed by atoms with Gasteiger partial charge in [0.25, 0.3) is 0 Å². The van der Waals surface area contributed by atoms with E-state index >= 15 is 0 Å². The van der Waals surface area contributed by atoms with Crippen molar-refractivity contribution < 1.29 is 10.1 Å². The molecule has 2 heteroatoms. The SMILES string of the molecule is C=CCCC(C)OO. The first-order valence-electron chi connectivity index (χ1n) is 2.72. The summed E-state index contributed by atoms with van der Waals surface area (Å²) < 4.78 is 0. The quantitative estimate of drug-likeness (QED) is 0.345. The molecule has 0 aromatic rings. The van der Waals surface area contributed by atoms with Crippen molar-refractivity contribution in [2.24, 2.45) is 0 Å². The summed E-state index contributed by atoms with van der Waals surface area (Å²) in [6.45, 7) is 5.34. The molecule has 1 unspecified atom stereocenters. The van der Waals surface area contributed by atoms with Crippen molar-refractivity contribution in [1.29, 1.82) is 0 Å². The van der Waals surface area contributed by atoms with Gasteiger partial charge in [0.05, 0.1) is 6.10 Å². The fraction of sp³-hybridized carbons (Fsp3) is 0.667. The van der Waals surface area contributed by atoms with Crippen LogP contribution in [-0.2, 0) is 4.89 Å². The van der Waals surface area contributed by atoms with Crippen LogP contribution < -0.4 is 0 Å². The van der Waals surface area contributed by atoms with Crippen LogP contribution in [0.15, 0.2) is 12.7 Å². The number of hydrogen-bond donors (Lipinski definition) is 1. The Balaban J connectivity index is 2.97. The molecule has 0 rings (SSSR count). The van der Waals surface area contributed by atoms with Crippen LogP contribution in [0.4, 0.5) is 0 Å². The van der Waals surface area contributed by atoms with Crippen LogP contribution >= 0.6 is 0 Å². The summed E-state index contributed by atoms with van der Waals surface area (Å²) in [5.41, 5.74) is 0. The van der Waals surface area contributed by atoms with Gasteiger partial charge in [-0.15, -0.1) is 6.58 Å². The van der Waals surface area contributed by atoms with E-state index in [9.17, 15) is 0 Å². The lowest BCUT2D eigenvalue weighted by Crippen LogP contribution is -2.03. The Labute approximate surface area is 49.7 Å². The average molecular weight is 116 g/mol. The predicted molar refractivity (Wildman–Crippen MR) is 32.6 cm³/mol. The normalized spacial score (nSPS) is 13.2. The van der Waals surface area contributed by atoms with Gasteiger partial charge in [0.15, 0.2) is 0 Å². The molecule has 0 aromatic carbocycles. The van der Waals surface area contributed by atoms with Gasteiger partial charge in [-0.3, -0.25) is 5.26 Å². The van der Waals surface area contributed by atoms with Gasteiger partial charge in [0, 0.05) is 0 Å². The smallest absolute Gasteiger partial charge is 0.0902 e. The summed E-state index contributed by atoms with van der Waals surface area (Å²) in [4.78, 5) is 4.00. The van der Waals surface area contributed by atoms with E-state index in [1.807, 2.05) is 6.92 Å². The number of hydrogen-bond acceptors (Lipinski definition) is 2. The van der Waals surface area contributed by atoms with Crippen molar-refractivity contribution in [3.63, 3.8) is 0 Å². The number of allylic oxidation sites excluding steroid dienone is 1. The topological polar surface area (TPSA) is 29.5 Å². The van der Waals surface area contributed by atoms with Gasteiger partial charge >= 0.3 is 0 Å². The summed E-state index contributed by atoms with van der Waals surface area (Å²) in [6, 6.07) is 0. The first-order valence-corrected chi connectivity index (χ1v) is 2.72. The second-order valence-corrected chi connectivity index (χ2v) is 1.78. The molecule has 8 heavy (non-hydrogen) atoms. The van der Waals surface area contributed by atoms with E-state index in [2.05, 4.69) is 11.5 Å². The highest BCUT2D eigenvalue weighted by atomic mass is 17.1. The second-order valence-electron chi connectivity index (χ2n) is 1.78. The lowest BCUT2D eigenvalue weighted by Gasteiger charge is -2.02. The fourth-order valence-corrected chi connectivity index (χ4v) is 0.405. The standard InChI is InChI=1S/C6H12O2/c1-3-4-5-6(2)8-7/h3,6-7H,1,4-5H2,2H3. The minimum absolute atomic E-state index is 0.0620. The van der Waals surface area contributed by atoms with E-state index < -0.39 is 0 Å². The molecule has 0 aliphatic heterocycles. The van der Waals surface area contributed by atoms with Crippen molar-refractivity contribution in [3.05, 3.63) is 12.7 Å². The molecule has 0 aromatic heterocycles. The molecule has 0 spiro atoms. The summed E-state index contributed by atoms with van der Waals surface area (Å²) in [5.74, 6) is 0. The van der Waals surface area contributed by atoms with Gasteiger partial charge in [-0.1, -0.05) is 6.08 Å². The van der Waals surface area contributed by atoms with E-state index in [1.165, 1.54) is 0 Å². The first-order chi connectivity index (χ1) is 3.81. The Hall–Kier alpha value is -0.340. The van der Waals surface area contributed by atoms with Crippen molar-refractivity contribution in [2.45, 2.75) is 25.9 Å². The van der Waals surface area contributed by atoms with Crippen LogP contribution in [0.1, 0.15) is 19.8 Å². The van der Waals surface area contributed by atoms with Gasteiger partial charge < -0.3 is 0 Å². The minimum atomic E-state index is -0.0620. The van der Waals surface area contributed by atoms with Crippen LogP contribution in [0.2, 0.25) is 0 Å². The molecule has 0 bridgehead atoms. The molecule has 0 heterocycles. The molecule has 0 aliphatic carbocycles. The van der Waals surface area contributed by atoms with Gasteiger partial charge in [-0.05, 0) is 19.8 Å². The highest BCUT2D eigenvalue weighted by Crippen LogP contribution is 1.98. The maximum atomic E-state index is 8.03. The molecule has 0 saturated carbocycles. The van der Waals surface area contributed by atoms with E-state index in [4.69, 9.17) is 5.26 Å². The van der Waals surface area contributed by atoms with Crippen molar-refractivity contribution in [2.75, 3.05) is 0 Å². The largest absolute Gasteiger partial charge is 0.252 e. The third kappa shape index (κ3) is 3.84. The van der Waals surface area contributed by atoms with E-state index in [0.29, 0.717) is 0 Å². The Kier molecular flexibility index (Phi) is 4.61. The summed E-state index contributed by atoms with van der Waals surface area (Å²) in [6.07, 6.45) is 3.46. The molecule has 2 nitrogen and oxygen atoms in total. The van der Waals surface area contributed by atoms with Gasteiger partial charge in [0.2, 0.25) is 0 Å². The predicted octanol–water partition coefficient (Wildman–Crippen LogP) is 1.83. The Bertz CT molecular complexity index is 61.5. The molecule has 1 atom stereocenters. The Morgan fingerprint density at radius 3 is 2.88 bits per heavy atom. The van der Waals surface area contributed by atoms with Gasteiger partial charge in [-0.25, -0.2) is 4.89 Å². The molecule has 0 amide bonds. The first kappa shape index (κ1) is 7.66. The molecule has 0 radical (unpaired) electrons. The highest BCUT2D eigenvalue weighted by molar-refractivity contribution is 4.67. The maximum Gasteiger partial charge on any atom is 0.0902 e. The molecular formula is C6H12O2. The zero-order chi connectivity index (χ0) is 6.41. The number of rotatable bonds is 4. The Morgan fingerprint density at radius 2 is 2.50 bits per heavy atom.